The number of fused-ring (bicyclic) bond motifs is 1. The number of nitrogens with zero attached hydrogens (tertiary/aromatic N) is 1. The topological polar surface area (TPSA) is 84.9 Å². The third-order valence-electron chi connectivity index (χ3n) is 6.10. The van der Waals surface area contributed by atoms with Gasteiger partial charge in [-0.05, 0) is 65.2 Å². The first-order valence-electron chi connectivity index (χ1n) is 11.7. The van der Waals surface area contributed by atoms with Crippen molar-refractivity contribution in [2.45, 2.75) is 13.5 Å². The number of anilines is 1. The van der Waals surface area contributed by atoms with Gasteiger partial charge < -0.3 is 9.47 Å². The number of carbonyl (C=O) groups is 3. The van der Waals surface area contributed by atoms with E-state index in [1.165, 1.54) is 13.2 Å². The fraction of sp³-hybridized carbons (Fsp3) is 0.100. The monoisotopic (exact) mass is 492 g/mol. The van der Waals surface area contributed by atoms with E-state index < -0.39 is 17.8 Å². The number of urea groups is 1. The van der Waals surface area contributed by atoms with E-state index in [2.05, 4.69) is 29.6 Å². The van der Waals surface area contributed by atoms with Gasteiger partial charge in [0.15, 0.2) is 11.5 Å². The first-order valence-corrected chi connectivity index (χ1v) is 11.7. The molecule has 0 aliphatic carbocycles. The minimum Gasteiger partial charge on any atom is -0.493 e. The number of hydrogen-bond acceptors (Lipinski definition) is 5. The molecule has 1 aliphatic rings. The standard InChI is InChI=1S/C30H24N2O5/c1-19-7-12-24(13-8-19)32-29(34)25(28(33)31-30(32)35)16-20-10-14-26(27(17-20)36-2)37-18-21-9-11-22-5-3-4-6-23(22)15-21/h3-17H,18H2,1-2H3,(H,31,33,35)/b25-16+. The van der Waals surface area contributed by atoms with Crippen LogP contribution in [0.5, 0.6) is 11.5 Å². The van der Waals surface area contributed by atoms with Crippen molar-refractivity contribution in [3.8, 4) is 11.5 Å². The SMILES string of the molecule is COc1cc(/C=C2\C(=O)NC(=O)N(c3ccc(C)cc3)C2=O)ccc1OCc1ccc2ccccc2c1. The molecule has 1 saturated heterocycles. The minimum atomic E-state index is -0.786. The van der Waals surface area contributed by atoms with Gasteiger partial charge in [-0.1, -0.05) is 60.2 Å². The number of benzene rings is 4. The van der Waals surface area contributed by atoms with Crippen LogP contribution in [0, 0.1) is 6.92 Å². The largest absolute Gasteiger partial charge is 0.493 e. The van der Waals surface area contributed by atoms with Gasteiger partial charge in [0.05, 0.1) is 12.8 Å². The Morgan fingerprint density at radius 1 is 0.838 bits per heavy atom. The van der Waals surface area contributed by atoms with Gasteiger partial charge in [0, 0.05) is 0 Å². The predicted octanol–water partition coefficient (Wildman–Crippen LogP) is 5.40. The molecule has 1 fully saturated rings. The summed E-state index contributed by atoms with van der Waals surface area (Å²) in [5.74, 6) is -0.485. The van der Waals surface area contributed by atoms with Crippen LogP contribution in [0.1, 0.15) is 16.7 Å². The van der Waals surface area contributed by atoms with Crippen molar-refractivity contribution < 1.29 is 23.9 Å². The Morgan fingerprint density at radius 2 is 1.59 bits per heavy atom. The molecule has 4 amide bonds. The van der Waals surface area contributed by atoms with Gasteiger partial charge in [-0.25, -0.2) is 9.69 Å². The fourth-order valence-electron chi connectivity index (χ4n) is 4.14. The summed E-state index contributed by atoms with van der Waals surface area (Å²) in [4.78, 5) is 39.0. The summed E-state index contributed by atoms with van der Waals surface area (Å²) in [5, 5.41) is 4.53. The number of ether oxygens (including phenoxy) is 2. The zero-order chi connectivity index (χ0) is 25.9. The van der Waals surface area contributed by atoms with Gasteiger partial charge in [0.2, 0.25) is 0 Å². The van der Waals surface area contributed by atoms with Crippen molar-refractivity contribution in [2.75, 3.05) is 12.0 Å². The molecular formula is C30H24N2O5. The van der Waals surface area contributed by atoms with E-state index in [1.54, 1.807) is 42.5 Å². The van der Waals surface area contributed by atoms with Crippen molar-refractivity contribution in [3.63, 3.8) is 0 Å². The molecule has 0 aromatic heterocycles. The highest BCUT2D eigenvalue weighted by molar-refractivity contribution is 6.39. The summed E-state index contributed by atoms with van der Waals surface area (Å²) < 4.78 is 11.5. The normalized spacial score (nSPS) is 14.7. The molecule has 7 heteroatoms. The number of nitrogens with one attached hydrogen (secondary N) is 1. The number of methoxy groups -OCH3 is 1. The average Bonchev–Trinajstić information content (AvgIpc) is 2.91. The molecule has 1 heterocycles. The van der Waals surface area contributed by atoms with E-state index in [0.717, 1.165) is 26.8 Å². The maximum absolute atomic E-state index is 13.1. The lowest BCUT2D eigenvalue weighted by molar-refractivity contribution is -0.122. The third kappa shape index (κ3) is 4.92. The first kappa shape index (κ1) is 23.8. The Labute approximate surface area is 213 Å². The van der Waals surface area contributed by atoms with Crippen LogP contribution < -0.4 is 19.7 Å². The van der Waals surface area contributed by atoms with Gasteiger partial charge >= 0.3 is 6.03 Å². The molecule has 37 heavy (non-hydrogen) atoms. The van der Waals surface area contributed by atoms with Crippen molar-refractivity contribution in [2.24, 2.45) is 0 Å². The molecule has 0 unspecified atom stereocenters. The van der Waals surface area contributed by atoms with Crippen molar-refractivity contribution >= 4 is 40.4 Å². The Hall–Kier alpha value is -4.91. The van der Waals surface area contributed by atoms with Crippen LogP contribution in [-0.4, -0.2) is 25.0 Å². The van der Waals surface area contributed by atoms with Gasteiger partial charge in [-0.15, -0.1) is 0 Å². The summed E-state index contributed by atoms with van der Waals surface area (Å²) >= 11 is 0. The molecule has 4 aromatic rings. The summed E-state index contributed by atoms with van der Waals surface area (Å²) in [5.41, 5.74) is 2.76. The van der Waals surface area contributed by atoms with E-state index >= 15 is 0 Å². The summed E-state index contributed by atoms with van der Waals surface area (Å²) in [6, 6.07) is 25.5. The highest BCUT2D eigenvalue weighted by atomic mass is 16.5. The first-order chi connectivity index (χ1) is 17.9. The van der Waals surface area contributed by atoms with Crippen LogP contribution in [0.15, 0.2) is 90.5 Å². The van der Waals surface area contributed by atoms with Gasteiger partial charge in [0.1, 0.15) is 12.2 Å². The summed E-state index contributed by atoms with van der Waals surface area (Å²) in [7, 11) is 1.52. The lowest BCUT2D eigenvalue weighted by Crippen LogP contribution is -2.54. The molecular weight excluding hydrogens is 468 g/mol. The second-order valence-electron chi connectivity index (χ2n) is 8.67. The zero-order valence-electron chi connectivity index (χ0n) is 20.4. The number of barbiturate groups is 1. The highest BCUT2D eigenvalue weighted by Crippen LogP contribution is 2.31. The Balaban J connectivity index is 1.38. The molecule has 0 saturated carbocycles. The van der Waals surface area contributed by atoms with Crippen LogP contribution in [-0.2, 0) is 16.2 Å². The quantitative estimate of drug-likeness (QED) is 0.288. The fourth-order valence-corrected chi connectivity index (χ4v) is 4.14. The van der Waals surface area contributed by atoms with Gasteiger partial charge in [0.25, 0.3) is 11.8 Å². The van der Waals surface area contributed by atoms with Crippen molar-refractivity contribution in [1.29, 1.82) is 0 Å². The van der Waals surface area contributed by atoms with E-state index in [-0.39, 0.29) is 5.57 Å². The van der Waals surface area contributed by atoms with E-state index in [1.807, 2.05) is 25.1 Å². The molecule has 4 aromatic carbocycles. The van der Waals surface area contributed by atoms with Crippen LogP contribution in [0.4, 0.5) is 10.5 Å². The molecule has 184 valence electrons. The minimum absolute atomic E-state index is 0.160. The molecule has 5 rings (SSSR count). The molecule has 0 bridgehead atoms. The number of amides is 4. The number of hydrogen-bond donors (Lipinski definition) is 1. The lowest BCUT2D eigenvalue weighted by Gasteiger charge is -2.26. The zero-order valence-corrected chi connectivity index (χ0v) is 20.4. The summed E-state index contributed by atoms with van der Waals surface area (Å²) in [6.07, 6.45) is 1.43. The maximum Gasteiger partial charge on any atom is 0.335 e. The number of carbonyl (C=O) groups excluding carboxylic acids is 3. The van der Waals surface area contributed by atoms with Gasteiger partial charge in [-0.3, -0.25) is 14.9 Å². The van der Waals surface area contributed by atoms with Crippen LogP contribution in [0.3, 0.4) is 0 Å². The van der Waals surface area contributed by atoms with Crippen LogP contribution in [0.2, 0.25) is 0 Å². The smallest absolute Gasteiger partial charge is 0.335 e. The van der Waals surface area contributed by atoms with Crippen LogP contribution >= 0.6 is 0 Å². The number of rotatable bonds is 6. The molecule has 1 aliphatic heterocycles. The second kappa shape index (κ2) is 9.99. The molecule has 1 N–H and O–H groups in total. The van der Waals surface area contributed by atoms with E-state index in [9.17, 15) is 14.4 Å². The Morgan fingerprint density at radius 3 is 2.35 bits per heavy atom. The molecule has 0 atom stereocenters. The van der Waals surface area contributed by atoms with Gasteiger partial charge in [-0.2, -0.15) is 0 Å². The number of imide groups is 2. The molecule has 0 spiro atoms. The predicted molar refractivity (Wildman–Crippen MR) is 141 cm³/mol. The van der Waals surface area contributed by atoms with Crippen molar-refractivity contribution in [3.05, 3.63) is 107 Å². The van der Waals surface area contributed by atoms with E-state index in [0.29, 0.717) is 29.4 Å². The molecule has 0 radical (unpaired) electrons. The number of aryl methyl sites for hydroxylation is 1. The summed E-state index contributed by atoms with van der Waals surface area (Å²) in [6.45, 7) is 2.25. The molecule has 7 nitrogen and oxygen atoms in total. The Kier molecular flexibility index (Phi) is 6.43. The van der Waals surface area contributed by atoms with Crippen LogP contribution in [0.25, 0.3) is 16.8 Å². The lowest BCUT2D eigenvalue weighted by atomic mass is 10.1. The second-order valence-corrected chi connectivity index (χ2v) is 8.67. The maximum atomic E-state index is 13.1. The highest BCUT2D eigenvalue weighted by Gasteiger charge is 2.36. The Bertz CT molecular complexity index is 1560. The third-order valence-corrected chi connectivity index (χ3v) is 6.10. The van der Waals surface area contributed by atoms with Crippen molar-refractivity contribution in [1.82, 2.24) is 5.32 Å². The average molecular weight is 493 g/mol. The van der Waals surface area contributed by atoms with E-state index in [4.69, 9.17) is 9.47 Å².